The number of carbonyl (C=O) groups is 1. The Labute approximate surface area is 217 Å². The van der Waals surface area contributed by atoms with Gasteiger partial charge in [0.2, 0.25) is 12.7 Å². The Morgan fingerprint density at radius 1 is 1.19 bits per heavy atom. The number of likely N-dealkylation sites (N-methyl/N-ethyl adjacent to an activating group) is 1. The van der Waals surface area contributed by atoms with E-state index in [4.69, 9.17) is 36.1 Å². The minimum absolute atomic E-state index is 0.117. The first-order chi connectivity index (χ1) is 17.7. The third kappa shape index (κ3) is 7.16. The Morgan fingerprint density at radius 3 is 2.57 bits per heavy atom. The predicted molar refractivity (Wildman–Crippen MR) is 133 cm³/mol. The molecule has 2 heterocycles. The molecule has 3 aliphatic rings. The highest BCUT2D eigenvalue weighted by Gasteiger charge is 2.51. The van der Waals surface area contributed by atoms with E-state index >= 15 is 0 Å². The molecule has 3 rings (SSSR count). The molecular weight excluding hydrogens is 488 g/mol. The number of rotatable bonds is 12. The van der Waals surface area contributed by atoms with Gasteiger partial charge in [-0.05, 0) is 52.4 Å². The molecule has 0 aromatic carbocycles. The van der Waals surface area contributed by atoms with Crippen molar-refractivity contribution in [1.29, 1.82) is 0 Å². The number of nitrogens with two attached hydrogens (primary N) is 3. The number of aliphatic hydroxyl groups excluding tert-OH is 2. The molecule has 12 N–H and O–H groups in total. The van der Waals surface area contributed by atoms with Crippen molar-refractivity contribution >= 4 is 6.41 Å². The maximum atomic E-state index is 11.4. The van der Waals surface area contributed by atoms with Crippen molar-refractivity contribution in [3.8, 4) is 0 Å². The Morgan fingerprint density at radius 2 is 1.92 bits per heavy atom. The van der Waals surface area contributed by atoms with Gasteiger partial charge in [-0.2, -0.15) is 0 Å². The van der Waals surface area contributed by atoms with Crippen molar-refractivity contribution < 1.29 is 39.1 Å². The van der Waals surface area contributed by atoms with Crippen molar-refractivity contribution in [1.82, 2.24) is 16.0 Å². The first-order valence-corrected chi connectivity index (χ1v) is 12.8. The van der Waals surface area contributed by atoms with E-state index in [1.807, 2.05) is 6.08 Å². The lowest BCUT2D eigenvalue weighted by molar-refractivity contribution is -0.304. The van der Waals surface area contributed by atoms with Crippen LogP contribution in [0.25, 0.3) is 0 Å². The normalized spacial score (nSPS) is 42.5. The van der Waals surface area contributed by atoms with E-state index < -0.39 is 60.7 Å². The van der Waals surface area contributed by atoms with E-state index in [1.54, 1.807) is 7.05 Å². The molecule has 0 bridgehead atoms. The van der Waals surface area contributed by atoms with Gasteiger partial charge in [0.1, 0.15) is 35.8 Å². The first-order valence-electron chi connectivity index (χ1n) is 12.8. The Balaban J connectivity index is 1.76. The molecule has 2 aliphatic heterocycles. The van der Waals surface area contributed by atoms with Gasteiger partial charge < -0.3 is 67.4 Å². The van der Waals surface area contributed by atoms with Crippen molar-refractivity contribution in [3.63, 3.8) is 0 Å². The number of ether oxygens (including phenoxy) is 4. The summed E-state index contributed by atoms with van der Waals surface area (Å²) in [7, 11) is 1.60. The van der Waals surface area contributed by atoms with Gasteiger partial charge in [0.15, 0.2) is 6.29 Å². The molecule has 0 radical (unpaired) electrons. The number of nitrogens with one attached hydrogen (secondary N) is 3. The lowest BCUT2D eigenvalue weighted by Crippen LogP contribution is -2.69. The largest absolute Gasteiger partial charge is 0.467 e. The summed E-state index contributed by atoms with van der Waals surface area (Å²) in [4.78, 5) is 11.3. The molecule has 11 atom stereocenters. The highest BCUT2D eigenvalue weighted by atomic mass is 16.7. The topological polar surface area (TPSA) is 229 Å². The zero-order chi connectivity index (χ0) is 27.2. The van der Waals surface area contributed by atoms with Crippen LogP contribution in [0.2, 0.25) is 0 Å². The van der Waals surface area contributed by atoms with E-state index in [0.29, 0.717) is 31.7 Å². The molecule has 1 amide bonds. The van der Waals surface area contributed by atoms with Crippen LogP contribution in [-0.2, 0) is 23.7 Å². The molecule has 2 fully saturated rings. The maximum absolute atomic E-state index is 11.4. The van der Waals surface area contributed by atoms with E-state index in [1.165, 1.54) is 6.92 Å². The van der Waals surface area contributed by atoms with Crippen LogP contribution in [0, 0.1) is 0 Å². The highest BCUT2D eigenvalue weighted by molar-refractivity contribution is 5.47. The van der Waals surface area contributed by atoms with Crippen LogP contribution in [-0.4, -0.2) is 122 Å². The Hall–Kier alpha value is -1.43. The first kappa shape index (κ1) is 30.1. The van der Waals surface area contributed by atoms with Crippen LogP contribution >= 0.6 is 0 Å². The lowest BCUT2D eigenvalue weighted by atomic mass is 9.83. The van der Waals surface area contributed by atoms with Gasteiger partial charge in [-0.3, -0.25) is 4.79 Å². The Kier molecular flexibility index (Phi) is 11.0. The van der Waals surface area contributed by atoms with Gasteiger partial charge in [0.25, 0.3) is 0 Å². The van der Waals surface area contributed by atoms with E-state index in [0.717, 1.165) is 6.42 Å². The molecular formula is C23H44N6O8. The minimum Gasteiger partial charge on any atom is -0.467 e. The second kappa shape index (κ2) is 13.6. The molecule has 0 aromatic rings. The van der Waals surface area contributed by atoms with Gasteiger partial charge in [0, 0.05) is 6.04 Å². The molecule has 14 heteroatoms. The second-order valence-electron chi connectivity index (χ2n) is 10.1. The summed E-state index contributed by atoms with van der Waals surface area (Å²) in [6.07, 6.45) is -2.54. The highest BCUT2D eigenvalue weighted by Crippen LogP contribution is 2.32. The molecule has 1 aliphatic carbocycles. The minimum atomic E-state index is -1.34. The number of hydrogen-bond acceptors (Lipinski definition) is 13. The molecule has 0 spiro atoms. The average molecular weight is 533 g/mol. The van der Waals surface area contributed by atoms with Crippen molar-refractivity contribution in [2.75, 3.05) is 33.3 Å². The smallest absolute Gasteiger partial charge is 0.215 e. The van der Waals surface area contributed by atoms with Gasteiger partial charge in [-0.1, -0.05) is 0 Å². The summed E-state index contributed by atoms with van der Waals surface area (Å²) < 4.78 is 23.8. The SMILES string of the molecule is CN[C@@H]1[C@@H](O)[C@@H](O[C@H]2[C@H](NC=O)C[C@H](N)C(O[C@H]3OC(CN)=CC[C@H]3NCCCN)[C@@H]2O)OC[C@]1(C)O. The molecule has 14 nitrogen and oxygen atoms in total. The fourth-order valence-corrected chi connectivity index (χ4v) is 5.19. The summed E-state index contributed by atoms with van der Waals surface area (Å²) in [5.41, 5.74) is 16.4. The van der Waals surface area contributed by atoms with Gasteiger partial charge in [0.05, 0.1) is 31.3 Å². The van der Waals surface area contributed by atoms with Crippen molar-refractivity contribution in [2.45, 2.75) is 93.0 Å². The third-order valence-electron chi connectivity index (χ3n) is 7.21. The maximum Gasteiger partial charge on any atom is 0.215 e. The Bertz CT molecular complexity index is 761. The molecule has 1 saturated carbocycles. The van der Waals surface area contributed by atoms with Crippen LogP contribution < -0.4 is 33.2 Å². The number of hydrogen-bond donors (Lipinski definition) is 9. The van der Waals surface area contributed by atoms with Crippen molar-refractivity contribution in [3.05, 3.63) is 11.8 Å². The number of amides is 1. The van der Waals surface area contributed by atoms with Crippen LogP contribution in [0.3, 0.4) is 0 Å². The van der Waals surface area contributed by atoms with Crippen LogP contribution in [0.15, 0.2) is 11.8 Å². The van der Waals surface area contributed by atoms with E-state index in [2.05, 4.69) is 16.0 Å². The fraction of sp³-hybridized carbons (Fsp3) is 0.870. The quantitative estimate of drug-likeness (QED) is 0.0861. The number of carbonyl (C=O) groups excluding carboxylic acids is 1. The summed E-state index contributed by atoms with van der Waals surface area (Å²) in [5, 5.41) is 41.6. The van der Waals surface area contributed by atoms with Gasteiger partial charge in [-0.15, -0.1) is 0 Å². The third-order valence-corrected chi connectivity index (χ3v) is 7.21. The molecule has 0 aromatic heterocycles. The van der Waals surface area contributed by atoms with Crippen LogP contribution in [0.5, 0.6) is 0 Å². The zero-order valence-corrected chi connectivity index (χ0v) is 21.5. The zero-order valence-electron chi connectivity index (χ0n) is 21.5. The van der Waals surface area contributed by atoms with Gasteiger partial charge in [-0.25, -0.2) is 0 Å². The summed E-state index contributed by atoms with van der Waals surface area (Å²) >= 11 is 0. The average Bonchev–Trinajstić information content (AvgIpc) is 2.86. The monoisotopic (exact) mass is 532 g/mol. The number of aliphatic hydroxyl groups is 3. The predicted octanol–water partition coefficient (Wildman–Crippen LogP) is -4.08. The summed E-state index contributed by atoms with van der Waals surface area (Å²) in [6.45, 7) is 2.80. The fourth-order valence-electron chi connectivity index (χ4n) is 5.19. The lowest BCUT2D eigenvalue weighted by Gasteiger charge is -2.48. The van der Waals surface area contributed by atoms with Gasteiger partial charge >= 0.3 is 0 Å². The molecule has 1 unspecified atom stereocenters. The summed E-state index contributed by atoms with van der Waals surface area (Å²) in [5.74, 6) is 0.568. The standard InChI is InChI=1S/C23H44N6O8/c1-23(33)10-34-22(17(32)20(23)27-2)37-19-15(29-11-30)8-13(26)18(16(19)31)36-21-14(28-7-3-6-24)5-4-12(9-25)35-21/h4,11,13-22,27-28,31-33H,3,5-10,24-26H2,1-2H3,(H,29,30)/t13-,14+,15+,16-,17+,18?,19-,20+,21+,22+,23-/m0/s1. The summed E-state index contributed by atoms with van der Waals surface area (Å²) in [6, 6.07) is -2.33. The molecule has 214 valence electrons. The molecule has 37 heavy (non-hydrogen) atoms. The van der Waals surface area contributed by atoms with E-state index in [-0.39, 0.29) is 25.6 Å². The second-order valence-corrected chi connectivity index (χ2v) is 10.1. The van der Waals surface area contributed by atoms with Crippen molar-refractivity contribution in [2.24, 2.45) is 17.2 Å². The van der Waals surface area contributed by atoms with E-state index in [9.17, 15) is 20.1 Å². The van der Waals surface area contributed by atoms with Crippen LogP contribution in [0.4, 0.5) is 0 Å². The molecule has 1 saturated heterocycles. The van der Waals surface area contributed by atoms with Crippen LogP contribution in [0.1, 0.15) is 26.2 Å².